The molecule has 0 fully saturated rings. The summed E-state index contributed by atoms with van der Waals surface area (Å²) in [7, 11) is 1.75. The summed E-state index contributed by atoms with van der Waals surface area (Å²) in [4.78, 5) is 12.3. The predicted octanol–water partition coefficient (Wildman–Crippen LogP) is 1.27. The quantitative estimate of drug-likeness (QED) is 0.614. The van der Waals surface area contributed by atoms with Gasteiger partial charge in [0, 0.05) is 20.5 Å². The van der Waals surface area contributed by atoms with Gasteiger partial charge < -0.3 is 4.90 Å². The van der Waals surface area contributed by atoms with Crippen LogP contribution in [0.25, 0.3) is 0 Å². The zero-order chi connectivity index (χ0) is 8.85. The van der Waals surface area contributed by atoms with Crippen molar-refractivity contribution in [2.45, 2.75) is 26.3 Å². The zero-order valence-electron chi connectivity index (χ0n) is 7.29. The molecule has 0 rings (SSSR count). The number of nitrogens with one attached hydrogen (secondary N) is 1. The number of hydrogen-bond donors (Lipinski definition) is 1. The average Bonchev–Trinajstić information content (AvgIpc) is 1.99. The molecule has 1 N–H and O–H groups in total. The molecule has 11 heavy (non-hydrogen) atoms. The molecule has 0 radical (unpaired) electrons. The molecule has 1 atom stereocenters. The topological polar surface area (TPSA) is 56.5 Å². The van der Waals surface area contributed by atoms with Crippen LogP contribution in [0.1, 0.15) is 20.3 Å². The lowest BCUT2D eigenvalue weighted by molar-refractivity contribution is -0.127. The maximum Gasteiger partial charge on any atom is 0.219 e. The minimum absolute atomic E-state index is 0.0248. The monoisotopic (exact) mass is 157 g/mol. The van der Waals surface area contributed by atoms with Crippen molar-refractivity contribution in [1.82, 2.24) is 4.90 Å². The van der Waals surface area contributed by atoms with E-state index in [1.54, 1.807) is 11.9 Å². The van der Waals surface area contributed by atoms with E-state index in [9.17, 15) is 4.79 Å². The molecule has 0 bridgehead atoms. The summed E-state index contributed by atoms with van der Waals surface area (Å²) in [5, 5.41) is 3.33. The van der Waals surface area contributed by atoms with E-state index in [2.05, 4.69) is 5.11 Å². The van der Waals surface area contributed by atoms with Gasteiger partial charge in [-0.05, 0) is 13.3 Å². The predicted molar refractivity (Wildman–Crippen MR) is 42.5 cm³/mol. The second kappa shape index (κ2) is 4.82. The Morgan fingerprint density at radius 2 is 2.27 bits per heavy atom. The van der Waals surface area contributed by atoms with Crippen molar-refractivity contribution >= 4 is 5.91 Å². The van der Waals surface area contributed by atoms with E-state index >= 15 is 0 Å². The molecular formula is C7H15N3O. The van der Waals surface area contributed by atoms with E-state index in [0.717, 1.165) is 6.42 Å². The van der Waals surface area contributed by atoms with Gasteiger partial charge in [-0.25, -0.2) is 5.53 Å². The number of hydrogen-bond acceptors (Lipinski definition) is 3. The molecular weight excluding hydrogens is 142 g/mol. The molecule has 1 unspecified atom stereocenters. The number of carbonyl (C=O) groups excluding carboxylic acids is 1. The van der Waals surface area contributed by atoms with Gasteiger partial charge in [0.1, 0.15) is 0 Å². The highest BCUT2D eigenvalue weighted by Gasteiger charge is 2.04. The summed E-state index contributed by atoms with van der Waals surface area (Å²) in [6.45, 7) is 4.07. The highest BCUT2D eigenvalue weighted by atomic mass is 16.2. The van der Waals surface area contributed by atoms with Gasteiger partial charge in [-0.3, -0.25) is 4.79 Å². The Kier molecular flexibility index (Phi) is 4.41. The standard InChI is InChI=1S/C7H15N3O/c1-6(9-8)4-5-10(3)7(2)11/h6,8H,4-5H2,1-3H3. The van der Waals surface area contributed by atoms with Crippen LogP contribution in [0.2, 0.25) is 0 Å². The van der Waals surface area contributed by atoms with Gasteiger partial charge in [0.2, 0.25) is 5.91 Å². The summed E-state index contributed by atoms with van der Waals surface area (Å²) in [6, 6.07) is 0.0248. The van der Waals surface area contributed by atoms with Gasteiger partial charge in [0.25, 0.3) is 0 Å². The summed E-state index contributed by atoms with van der Waals surface area (Å²) in [5.74, 6) is 0.0576. The first kappa shape index (κ1) is 10.1. The first-order chi connectivity index (χ1) is 5.07. The largest absolute Gasteiger partial charge is 0.346 e. The second-order valence-electron chi connectivity index (χ2n) is 2.71. The number of rotatable bonds is 4. The molecule has 0 aliphatic carbocycles. The molecule has 0 aliphatic heterocycles. The fourth-order valence-electron chi connectivity index (χ4n) is 0.602. The fraction of sp³-hybridized carbons (Fsp3) is 0.857. The molecule has 0 saturated carbocycles. The summed E-state index contributed by atoms with van der Waals surface area (Å²) < 4.78 is 0. The smallest absolute Gasteiger partial charge is 0.219 e. The van der Waals surface area contributed by atoms with E-state index in [1.165, 1.54) is 6.92 Å². The van der Waals surface area contributed by atoms with E-state index in [0.29, 0.717) is 6.54 Å². The van der Waals surface area contributed by atoms with Crippen LogP contribution in [0.3, 0.4) is 0 Å². The van der Waals surface area contributed by atoms with Crippen LogP contribution in [-0.2, 0) is 4.79 Å². The third-order valence-electron chi connectivity index (χ3n) is 1.64. The first-order valence-corrected chi connectivity index (χ1v) is 3.66. The van der Waals surface area contributed by atoms with Crippen molar-refractivity contribution in [2.75, 3.05) is 13.6 Å². The van der Waals surface area contributed by atoms with Gasteiger partial charge in [0.15, 0.2) is 0 Å². The summed E-state index contributed by atoms with van der Waals surface area (Å²) >= 11 is 0. The Morgan fingerprint density at radius 3 is 2.64 bits per heavy atom. The maximum atomic E-state index is 10.7. The Balaban J connectivity index is 3.53. The van der Waals surface area contributed by atoms with Crippen molar-refractivity contribution in [3.63, 3.8) is 0 Å². The molecule has 1 amide bonds. The summed E-state index contributed by atoms with van der Waals surface area (Å²) in [6.07, 6.45) is 0.763. The van der Waals surface area contributed by atoms with Crippen LogP contribution in [0.4, 0.5) is 0 Å². The lowest BCUT2D eigenvalue weighted by Crippen LogP contribution is -2.26. The van der Waals surface area contributed by atoms with Gasteiger partial charge in [-0.1, -0.05) is 0 Å². The Labute approximate surface area is 67.1 Å². The van der Waals surface area contributed by atoms with Crippen molar-refractivity contribution < 1.29 is 4.79 Å². The third kappa shape index (κ3) is 4.47. The average molecular weight is 157 g/mol. The molecule has 0 heterocycles. The number of carbonyl (C=O) groups is 1. The molecule has 4 nitrogen and oxygen atoms in total. The van der Waals surface area contributed by atoms with Crippen LogP contribution in [0, 0.1) is 5.53 Å². The van der Waals surface area contributed by atoms with Crippen molar-refractivity contribution in [2.24, 2.45) is 5.11 Å². The van der Waals surface area contributed by atoms with Crippen LogP contribution in [0.5, 0.6) is 0 Å². The molecule has 0 aliphatic rings. The molecule has 0 aromatic carbocycles. The maximum absolute atomic E-state index is 10.7. The van der Waals surface area contributed by atoms with Crippen molar-refractivity contribution in [1.29, 1.82) is 5.53 Å². The Bertz CT molecular complexity index is 147. The minimum atomic E-state index is 0.0248. The van der Waals surface area contributed by atoms with Crippen molar-refractivity contribution in [3.8, 4) is 0 Å². The van der Waals surface area contributed by atoms with E-state index in [-0.39, 0.29) is 11.9 Å². The van der Waals surface area contributed by atoms with Crippen molar-refractivity contribution in [3.05, 3.63) is 0 Å². The molecule has 64 valence electrons. The summed E-state index contributed by atoms with van der Waals surface area (Å²) in [5.41, 5.74) is 6.68. The van der Waals surface area contributed by atoms with Gasteiger partial charge in [-0.15, -0.1) is 0 Å². The lowest BCUT2D eigenvalue weighted by Gasteiger charge is -2.15. The van der Waals surface area contributed by atoms with Crippen LogP contribution >= 0.6 is 0 Å². The molecule has 4 heteroatoms. The van der Waals surface area contributed by atoms with E-state index in [1.807, 2.05) is 6.92 Å². The highest BCUT2D eigenvalue weighted by Crippen LogP contribution is 1.97. The first-order valence-electron chi connectivity index (χ1n) is 3.66. The zero-order valence-corrected chi connectivity index (χ0v) is 7.29. The lowest BCUT2D eigenvalue weighted by atomic mass is 10.2. The minimum Gasteiger partial charge on any atom is -0.346 e. The molecule has 0 spiro atoms. The van der Waals surface area contributed by atoms with Gasteiger partial charge in [0.05, 0.1) is 6.04 Å². The van der Waals surface area contributed by atoms with E-state index in [4.69, 9.17) is 5.53 Å². The van der Waals surface area contributed by atoms with Gasteiger partial charge in [-0.2, -0.15) is 5.11 Å². The molecule has 0 saturated heterocycles. The Hall–Kier alpha value is -0.930. The Morgan fingerprint density at radius 1 is 1.73 bits per heavy atom. The SMILES string of the molecule is CC(=O)N(C)CCC(C)N=N. The third-order valence-corrected chi connectivity index (χ3v) is 1.64. The van der Waals surface area contributed by atoms with Crippen LogP contribution in [-0.4, -0.2) is 30.4 Å². The number of amides is 1. The highest BCUT2D eigenvalue weighted by molar-refractivity contribution is 5.72. The molecule has 0 aromatic rings. The second-order valence-corrected chi connectivity index (χ2v) is 2.71. The molecule has 0 aromatic heterocycles. The van der Waals surface area contributed by atoms with Crippen LogP contribution < -0.4 is 0 Å². The van der Waals surface area contributed by atoms with Gasteiger partial charge >= 0.3 is 0 Å². The normalized spacial score (nSPS) is 12.3. The fourth-order valence-corrected chi connectivity index (χ4v) is 0.602. The van der Waals surface area contributed by atoms with Crippen LogP contribution in [0.15, 0.2) is 5.11 Å². The van der Waals surface area contributed by atoms with E-state index < -0.39 is 0 Å². The number of nitrogens with zero attached hydrogens (tertiary/aromatic N) is 2.